The Morgan fingerprint density at radius 2 is 1.86 bits per heavy atom. The molecule has 230 valence electrons. The van der Waals surface area contributed by atoms with E-state index in [2.05, 4.69) is 20.4 Å². The molecule has 0 radical (unpaired) electrons. The highest BCUT2D eigenvalue weighted by Crippen LogP contribution is 2.37. The SMILES string of the molecule is CC(=O)NCC(NC(=O)c1nc(-c2ccc(OC(F)F)c(OCC3CC3)c2)oc1C(C)OC(N)=O)c1ccc(F)cc1F. The van der Waals surface area contributed by atoms with Gasteiger partial charge in [-0.3, -0.25) is 9.59 Å². The summed E-state index contributed by atoms with van der Waals surface area (Å²) in [7, 11) is 0. The summed E-state index contributed by atoms with van der Waals surface area (Å²) in [5.74, 6) is -3.64. The molecule has 11 nitrogen and oxygen atoms in total. The lowest BCUT2D eigenvalue weighted by Crippen LogP contribution is -2.38. The molecule has 0 spiro atoms. The highest BCUT2D eigenvalue weighted by Gasteiger charge is 2.30. The van der Waals surface area contributed by atoms with Crippen LogP contribution in [-0.2, 0) is 9.53 Å². The zero-order chi connectivity index (χ0) is 31.3. The lowest BCUT2D eigenvalue weighted by molar-refractivity contribution is -0.119. The molecule has 15 heteroatoms. The number of nitrogens with two attached hydrogens (primary N) is 1. The predicted octanol–water partition coefficient (Wildman–Crippen LogP) is 4.77. The van der Waals surface area contributed by atoms with E-state index in [1.54, 1.807) is 0 Å². The summed E-state index contributed by atoms with van der Waals surface area (Å²) in [5.41, 5.74) is 4.80. The number of amides is 3. The number of alkyl halides is 2. The van der Waals surface area contributed by atoms with Gasteiger partial charge in [0.2, 0.25) is 11.8 Å². The van der Waals surface area contributed by atoms with Crippen molar-refractivity contribution < 1.29 is 50.6 Å². The zero-order valence-electron chi connectivity index (χ0n) is 23.0. The Balaban J connectivity index is 1.70. The number of carbonyl (C=O) groups is 3. The molecule has 1 aliphatic rings. The third kappa shape index (κ3) is 8.36. The number of ether oxygens (including phenoxy) is 3. The quantitative estimate of drug-likeness (QED) is 0.234. The summed E-state index contributed by atoms with van der Waals surface area (Å²) in [6.45, 7) is -0.549. The van der Waals surface area contributed by atoms with Crippen molar-refractivity contribution in [1.29, 1.82) is 0 Å². The van der Waals surface area contributed by atoms with Gasteiger partial charge in [0.25, 0.3) is 5.91 Å². The first-order valence-electron chi connectivity index (χ1n) is 13.1. The van der Waals surface area contributed by atoms with E-state index in [0.29, 0.717) is 6.07 Å². The van der Waals surface area contributed by atoms with E-state index in [-0.39, 0.29) is 53.3 Å². The number of nitrogens with one attached hydrogen (secondary N) is 2. The fraction of sp³-hybridized carbons (Fsp3) is 0.357. The second kappa shape index (κ2) is 13.4. The van der Waals surface area contributed by atoms with Crippen LogP contribution in [-0.4, -0.2) is 42.7 Å². The third-order valence-corrected chi connectivity index (χ3v) is 6.31. The molecule has 3 aromatic rings. The number of halogens is 4. The number of rotatable bonds is 13. The van der Waals surface area contributed by atoms with Crippen LogP contribution in [0.4, 0.5) is 22.4 Å². The normalized spacial score (nSPS) is 14.1. The second-order valence-electron chi connectivity index (χ2n) is 9.73. The molecule has 0 bridgehead atoms. The van der Waals surface area contributed by atoms with Gasteiger partial charge in [0.15, 0.2) is 29.1 Å². The third-order valence-electron chi connectivity index (χ3n) is 6.31. The van der Waals surface area contributed by atoms with E-state index >= 15 is 0 Å². The van der Waals surface area contributed by atoms with Crippen molar-refractivity contribution in [3.8, 4) is 23.0 Å². The maximum atomic E-state index is 14.6. The Hall–Kier alpha value is -4.82. The van der Waals surface area contributed by atoms with Gasteiger partial charge < -0.3 is 35.0 Å². The first-order chi connectivity index (χ1) is 20.4. The van der Waals surface area contributed by atoms with Crippen LogP contribution in [0.2, 0.25) is 0 Å². The van der Waals surface area contributed by atoms with Crippen molar-refractivity contribution >= 4 is 17.9 Å². The van der Waals surface area contributed by atoms with Gasteiger partial charge >= 0.3 is 12.7 Å². The molecule has 2 unspecified atom stereocenters. The minimum atomic E-state index is -3.11. The van der Waals surface area contributed by atoms with Crippen molar-refractivity contribution in [3.05, 3.63) is 65.1 Å². The van der Waals surface area contributed by atoms with Crippen LogP contribution in [0, 0.1) is 17.6 Å². The average molecular weight is 609 g/mol. The van der Waals surface area contributed by atoms with Crippen LogP contribution in [0.25, 0.3) is 11.5 Å². The number of hydrogen-bond acceptors (Lipinski definition) is 8. The van der Waals surface area contributed by atoms with Gasteiger partial charge in [0.05, 0.1) is 12.6 Å². The molecule has 2 aromatic carbocycles. The van der Waals surface area contributed by atoms with Gasteiger partial charge in [-0.2, -0.15) is 8.78 Å². The Bertz CT molecular complexity index is 1500. The molecule has 1 aliphatic carbocycles. The molecule has 1 aromatic heterocycles. The number of oxazole rings is 1. The number of primary amides is 1. The Morgan fingerprint density at radius 3 is 2.49 bits per heavy atom. The summed E-state index contributed by atoms with van der Waals surface area (Å²) < 4.78 is 75.1. The molecule has 1 saturated carbocycles. The van der Waals surface area contributed by atoms with Gasteiger partial charge in [-0.1, -0.05) is 6.07 Å². The molecule has 0 saturated heterocycles. The summed E-state index contributed by atoms with van der Waals surface area (Å²) in [6.07, 6.45) is -0.537. The van der Waals surface area contributed by atoms with E-state index in [1.807, 2.05) is 0 Å². The van der Waals surface area contributed by atoms with Crippen molar-refractivity contribution in [1.82, 2.24) is 15.6 Å². The van der Waals surface area contributed by atoms with Crippen LogP contribution < -0.4 is 25.8 Å². The maximum Gasteiger partial charge on any atom is 0.405 e. The van der Waals surface area contributed by atoms with E-state index in [0.717, 1.165) is 25.0 Å². The van der Waals surface area contributed by atoms with Crippen molar-refractivity contribution in [3.63, 3.8) is 0 Å². The Morgan fingerprint density at radius 1 is 1.12 bits per heavy atom. The van der Waals surface area contributed by atoms with Crippen molar-refractivity contribution in [2.75, 3.05) is 13.2 Å². The van der Waals surface area contributed by atoms with Gasteiger partial charge in [0.1, 0.15) is 11.6 Å². The van der Waals surface area contributed by atoms with Crippen LogP contribution >= 0.6 is 0 Å². The first kappa shape index (κ1) is 31.1. The maximum absolute atomic E-state index is 14.6. The minimum absolute atomic E-state index is 0.0148. The Labute approximate surface area is 242 Å². The highest BCUT2D eigenvalue weighted by atomic mass is 19.3. The zero-order valence-corrected chi connectivity index (χ0v) is 23.0. The fourth-order valence-corrected chi connectivity index (χ4v) is 4.06. The Kier molecular flexibility index (Phi) is 9.73. The monoisotopic (exact) mass is 608 g/mol. The van der Waals surface area contributed by atoms with Crippen molar-refractivity contribution in [2.45, 2.75) is 45.4 Å². The van der Waals surface area contributed by atoms with Crippen LogP contribution in [0.15, 0.2) is 40.8 Å². The smallest absolute Gasteiger partial charge is 0.405 e. The summed E-state index contributed by atoms with van der Waals surface area (Å²) in [4.78, 5) is 40.7. The largest absolute Gasteiger partial charge is 0.489 e. The number of aromatic nitrogens is 1. The average Bonchev–Trinajstić information content (AvgIpc) is 3.64. The molecule has 3 amide bonds. The first-order valence-corrected chi connectivity index (χ1v) is 13.1. The summed E-state index contributed by atoms with van der Waals surface area (Å²) >= 11 is 0. The lowest BCUT2D eigenvalue weighted by Gasteiger charge is -2.20. The molecule has 1 heterocycles. The predicted molar refractivity (Wildman–Crippen MR) is 141 cm³/mol. The fourth-order valence-electron chi connectivity index (χ4n) is 4.06. The standard InChI is InChI=1S/C28H28F4N4O7/c1-13(41-28(33)39)24-23(25(38)35-20(11-34-14(2)37)18-7-6-17(29)10-19(18)30)36-26(43-24)16-5-8-21(42-27(31)32)22(9-16)40-12-15-3-4-15/h5-10,13,15,20,27H,3-4,11-12H2,1-2H3,(H2,33,39)(H,34,37)(H,35,38). The van der Waals surface area contributed by atoms with Crippen LogP contribution in [0.5, 0.6) is 11.5 Å². The molecule has 2 atom stereocenters. The molecule has 1 fully saturated rings. The molecule has 0 aliphatic heterocycles. The number of hydrogen-bond donors (Lipinski definition) is 3. The van der Waals surface area contributed by atoms with E-state index in [4.69, 9.17) is 19.6 Å². The number of nitrogens with zero attached hydrogens (tertiary/aromatic N) is 1. The second-order valence-corrected chi connectivity index (χ2v) is 9.73. The van der Waals surface area contributed by atoms with Crippen molar-refractivity contribution in [2.24, 2.45) is 11.7 Å². The van der Waals surface area contributed by atoms with Crippen LogP contribution in [0.1, 0.15) is 60.6 Å². The minimum Gasteiger partial charge on any atom is -0.489 e. The van der Waals surface area contributed by atoms with Gasteiger partial charge in [0, 0.05) is 30.7 Å². The van der Waals surface area contributed by atoms with Gasteiger partial charge in [-0.15, -0.1) is 0 Å². The lowest BCUT2D eigenvalue weighted by atomic mass is 10.1. The van der Waals surface area contributed by atoms with E-state index in [9.17, 15) is 31.9 Å². The van der Waals surface area contributed by atoms with E-state index in [1.165, 1.54) is 32.0 Å². The molecule has 4 N–H and O–H groups in total. The number of carbonyl (C=O) groups excluding carboxylic acids is 3. The number of benzene rings is 2. The molecule has 4 rings (SSSR count). The van der Waals surface area contributed by atoms with Gasteiger partial charge in [-0.25, -0.2) is 18.6 Å². The van der Waals surface area contributed by atoms with E-state index < -0.39 is 54.0 Å². The molecule has 43 heavy (non-hydrogen) atoms. The summed E-state index contributed by atoms with van der Waals surface area (Å²) in [6, 6.07) is 5.42. The molecular formula is C28H28F4N4O7. The summed E-state index contributed by atoms with van der Waals surface area (Å²) in [5, 5.41) is 4.99. The molecular weight excluding hydrogens is 580 g/mol. The van der Waals surface area contributed by atoms with Gasteiger partial charge in [-0.05, 0) is 49.9 Å². The highest BCUT2D eigenvalue weighted by molar-refractivity contribution is 5.94. The topological polar surface area (TPSA) is 155 Å². The van der Waals surface area contributed by atoms with Crippen LogP contribution in [0.3, 0.4) is 0 Å².